The fourth-order valence-electron chi connectivity index (χ4n) is 1.74. The SMILES string of the molecule is N#CCCN(Cc1ccc(-c2ccco2)nc1)C(=S)S. The molecular formula is C14H13N3OS2. The maximum absolute atomic E-state index is 8.64. The fourth-order valence-corrected chi connectivity index (χ4v) is 2.06. The Morgan fingerprint density at radius 1 is 1.45 bits per heavy atom. The highest BCUT2D eigenvalue weighted by Gasteiger charge is 2.08. The van der Waals surface area contributed by atoms with Gasteiger partial charge in [-0.05, 0) is 23.8 Å². The molecule has 0 aliphatic carbocycles. The monoisotopic (exact) mass is 303 g/mol. The minimum Gasteiger partial charge on any atom is -0.463 e. The van der Waals surface area contributed by atoms with Crippen LogP contribution in [0.2, 0.25) is 0 Å². The first-order valence-electron chi connectivity index (χ1n) is 6.04. The molecule has 0 bridgehead atoms. The first-order valence-corrected chi connectivity index (χ1v) is 6.90. The second-order valence-electron chi connectivity index (χ2n) is 4.14. The number of pyridine rings is 1. The highest BCUT2D eigenvalue weighted by atomic mass is 32.1. The van der Waals surface area contributed by atoms with Gasteiger partial charge in [0.25, 0.3) is 0 Å². The third-order valence-electron chi connectivity index (χ3n) is 2.74. The summed E-state index contributed by atoms with van der Waals surface area (Å²) in [7, 11) is 0. The van der Waals surface area contributed by atoms with Crippen LogP contribution in [-0.2, 0) is 6.54 Å². The van der Waals surface area contributed by atoms with Gasteiger partial charge in [0, 0.05) is 19.3 Å². The molecular weight excluding hydrogens is 290 g/mol. The minimum absolute atomic E-state index is 0.415. The van der Waals surface area contributed by atoms with E-state index in [1.165, 1.54) is 0 Å². The summed E-state index contributed by atoms with van der Waals surface area (Å²) in [5.74, 6) is 0.739. The topological polar surface area (TPSA) is 53.1 Å². The Balaban J connectivity index is 2.06. The van der Waals surface area contributed by atoms with Gasteiger partial charge in [-0.25, -0.2) is 0 Å². The molecule has 102 valence electrons. The number of nitriles is 1. The summed E-state index contributed by atoms with van der Waals surface area (Å²) >= 11 is 9.24. The quantitative estimate of drug-likeness (QED) is 0.678. The molecule has 0 aliphatic rings. The Hall–Kier alpha value is -1.84. The second-order valence-corrected chi connectivity index (χ2v) is 5.25. The van der Waals surface area contributed by atoms with Crippen molar-refractivity contribution in [3.8, 4) is 17.5 Å². The van der Waals surface area contributed by atoms with Crippen LogP contribution in [0.25, 0.3) is 11.5 Å². The molecule has 20 heavy (non-hydrogen) atoms. The molecule has 2 rings (SSSR count). The van der Waals surface area contributed by atoms with Crippen LogP contribution in [0.5, 0.6) is 0 Å². The van der Waals surface area contributed by atoms with E-state index >= 15 is 0 Å². The zero-order chi connectivity index (χ0) is 14.4. The van der Waals surface area contributed by atoms with Gasteiger partial charge >= 0.3 is 0 Å². The predicted molar refractivity (Wildman–Crippen MR) is 84.2 cm³/mol. The van der Waals surface area contributed by atoms with E-state index in [0.29, 0.717) is 23.8 Å². The molecule has 4 nitrogen and oxygen atoms in total. The van der Waals surface area contributed by atoms with E-state index in [2.05, 4.69) is 23.7 Å². The maximum atomic E-state index is 8.64. The summed E-state index contributed by atoms with van der Waals surface area (Å²) < 4.78 is 5.77. The number of thiocarbonyl (C=S) groups is 1. The molecule has 0 radical (unpaired) electrons. The normalized spacial score (nSPS) is 10.0. The van der Waals surface area contributed by atoms with Crippen molar-refractivity contribution in [1.82, 2.24) is 9.88 Å². The maximum Gasteiger partial charge on any atom is 0.152 e. The molecule has 2 heterocycles. The smallest absolute Gasteiger partial charge is 0.152 e. The summed E-state index contributed by atoms with van der Waals surface area (Å²) in [5, 5.41) is 8.64. The summed E-state index contributed by atoms with van der Waals surface area (Å²) in [6, 6.07) is 9.67. The molecule has 0 fully saturated rings. The summed E-state index contributed by atoms with van der Waals surface area (Å²) in [6.45, 7) is 1.16. The van der Waals surface area contributed by atoms with Crippen molar-refractivity contribution in [2.75, 3.05) is 6.54 Å². The van der Waals surface area contributed by atoms with E-state index in [0.717, 1.165) is 17.0 Å². The third-order valence-corrected chi connectivity index (χ3v) is 3.28. The van der Waals surface area contributed by atoms with Crippen LogP contribution in [0, 0.1) is 11.3 Å². The van der Waals surface area contributed by atoms with E-state index in [-0.39, 0.29) is 0 Å². The number of aromatic nitrogens is 1. The predicted octanol–water partition coefficient (Wildman–Crippen LogP) is 3.27. The highest BCUT2D eigenvalue weighted by Crippen LogP contribution is 2.18. The first-order chi connectivity index (χ1) is 9.70. The zero-order valence-corrected chi connectivity index (χ0v) is 12.4. The van der Waals surface area contributed by atoms with Gasteiger partial charge in [-0.1, -0.05) is 18.3 Å². The standard InChI is InChI=1S/C14H13N3OS2/c15-6-2-7-17(14(19)20)10-11-4-5-12(16-9-11)13-3-1-8-18-13/h1,3-5,8-9H,2,7,10H2,(H,19,20). The van der Waals surface area contributed by atoms with Gasteiger partial charge in [0.15, 0.2) is 5.76 Å². The lowest BCUT2D eigenvalue weighted by Crippen LogP contribution is -2.26. The van der Waals surface area contributed by atoms with Gasteiger partial charge < -0.3 is 9.32 Å². The molecule has 0 aliphatic heterocycles. The molecule has 0 unspecified atom stereocenters. The average Bonchev–Trinajstić information content (AvgIpc) is 2.98. The second kappa shape index (κ2) is 7.08. The van der Waals surface area contributed by atoms with Gasteiger partial charge in [0.05, 0.1) is 18.8 Å². The molecule has 0 amide bonds. The van der Waals surface area contributed by atoms with E-state index in [4.69, 9.17) is 21.9 Å². The molecule has 2 aromatic rings. The van der Waals surface area contributed by atoms with Crippen LogP contribution in [-0.4, -0.2) is 20.7 Å². The van der Waals surface area contributed by atoms with Crippen LogP contribution in [0.1, 0.15) is 12.0 Å². The van der Waals surface area contributed by atoms with Crippen molar-refractivity contribution in [2.45, 2.75) is 13.0 Å². The molecule has 0 atom stereocenters. The number of nitrogens with zero attached hydrogens (tertiary/aromatic N) is 3. The van der Waals surface area contributed by atoms with Crippen molar-refractivity contribution < 1.29 is 4.42 Å². The number of hydrogen-bond acceptors (Lipinski definition) is 4. The van der Waals surface area contributed by atoms with E-state index < -0.39 is 0 Å². The lowest BCUT2D eigenvalue weighted by Gasteiger charge is -2.21. The lowest BCUT2D eigenvalue weighted by molar-refractivity contribution is 0.436. The van der Waals surface area contributed by atoms with Crippen LogP contribution in [0.3, 0.4) is 0 Å². The third kappa shape index (κ3) is 3.83. The van der Waals surface area contributed by atoms with Gasteiger partial charge in [0.1, 0.15) is 10.0 Å². The lowest BCUT2D eigenvalue weighted by atomic mass is 10.2. The Bertz CT molecular complexity index is 602. The zero-order valence-electron chi connectivity index (χ0n) is 10.7. The van der Waals surface area contributed by atoms with Crippen molar-refractivity contribution in [3.63, 3.8) is 0 Å². The first kappa shape index (κ1) is 14.6. The number of hydrogen-bond donors (Lipinski definition) is 1. The van der Waals surface area contributed by atoms with Gasteiger partial charge in [0.2, 0.25) is 0 Å². The minimum atomic E-state index is 0.415. The van der Waals surface area contributed by atoms with Gasteiger partial charge in [-0.15, -0.1) is 12.6 Å². The number of thiol groups is 1. The van der Waals surface area contributed by atoms with Gasteiger partial charge in [-0.3, -0.25) is 4.98 Å². The van der Waals surface area contributed by atoms with Crippen LogP contribution in [0.4, 0.5) is 0 Å². The largest absolute Gasteiger partial charge is 0.463 e. The molecule has 0 saturated heterocycles. The van der Waals surface area contributed by atoms with Crippen molar-refractivity contribution in [2.24, 2.45) is 0 Å². The van der Waals surface area contributed by atoms with Crippen LogP contribution >= 0.6 is 24.8 Å². The molecule has 2 aromatic heterocycles. The van der Waals surface area contributed by atoms with E-state index in [1.807, 2.05) is 29.2 Å². The number of furan rings is 1. The molecule has 0 saturated carbocycles. The van der Waals surface area contributed by atoms with Crippen LogP contribution in [0.15, 0.2) is 41.1 Å². The Morgan fingerprint density at radius 2 is 2.30 bits per heavy atom. The Labute approximate surface area is 128 Å². The average molecular weight is 303 g/mol. The highest BCUT2D eigenvalue weighted by molar-refractivity contribution is 8.10. The van der Waals surface area contributed by atoms with Crippen molar-refractivity contribution in [1.29, 1.82) is 5.26 Å². The summed E-state index contributed by atoms with van der Waals surface area (Å²) in [5.41, 5.74) is 1.80. The van der Waals surface area contributed by atoms with Crippen molar-refractivity contribution >= 4 is 29.2 Å². The van der Waals surface area contributed by atoms with Crippen molar-refractivity contribution in [3.05, 3.63) is 42.3 Å². The van der Waals surface area contributed by atoms with E-state index in [9.17, 15) is 0 Å². The molecule has 0 spiro atoms. The molecule has 6 heteroatoms. The molecule has 0 N–H and O–H groups in total. The Morgan fingerprint density at radius 3 is 2.85 bits per heavy atom. The summed E-state index contributed by atoms with van der Waals surface area (Å²) in [4.78, 5) is 6.23. The Kier molecular flexibility index (Phi) is 5.16. The fraction of sp³-hybridized carbons (Fsp3) is 0.214. The molecule has 0 aromatic carbocycles. The van der Waals surface area contributed by atoms with Crippen LogP contribution < -0.4 is 0 Å². The number of rotatable bonds is 5. The van der Waals surface area contributed by atoms with Gasteiger partial charge in [-0.2, -0.15) is 5.26 Å². The summed E-state index contributed by atoms with van der Waals surface area (Å²) in [6.07, 6.45) is 3.82. The van der Waals surface area contributed by atoms with E-state index in [1.54, 1.807) is 12.5 Å².